The number of aliphatic hydroxyl groups is 5. The monoisotopic (exact) mass is 1510 g/mol. The van der Waals surface area contributed by atoms with Crippen LogP contribution >= 0.6 is 23.8 Å². The summed E-state index contributed by atoms with van der Waals surface area (Å²) < 4.78 is 35.3. The van der Waals surface area contributed by atoms with Crippen LogP contribution < -0.4 is 15.4 Å². The zero-order valence-electron chi connectivity index (χ0n) is 24.4. The molecule has 20 heteroatoms. The standard InChI is InChI=1S/C24H35BN2O11S2.4Ac/c1-23(2)33-9-24(10-34-23)7-14(36-20-19(32)18(31)16(29)15(8-28)37-20)17(30)21(38-24)35-13-5-3-12(4-6-13)27-22(39)26-11-40-25;;;;/h3-6,14-21,28-32H,7-11H2,1-2H3,(H2,26,27,39);;;;. The van der Waals surface area contributed by atoms with E-state index in [1.54, 1.807) is 38.1 Å². The van der Waals surface area contributed by atoms with Crippen LogP contribution in [0.2, 0.25) is 0 Å². The summed E-state index contributed by atoms with van der Waals surface area (Å²) in [5.74, 6) is -0.0362. The van der Waals surface area contributed by atoms with Crippen LogP contribution in [0.1, 0.15) is 20.3 Å². The Morgan fingerprint density at radius 1 is 0.977 bits per heavy atom. The van der Waals surface area contributed by atoms with Crippen LogP contribution in [0.3, 0.4) is 0 Å². The van der Waals surface area contributed by atoms with Crippen LogP contribution in [0.4, 0.5) is 5.69 Å². The zero-order valence-corrected chi connectivity index (χ0v) is 45.0. The van der Waals surface area contributed by atoms with Crippen molar-refractivity contribution in [2.24, 2.45) is 0 Å². The summed E-state index contributed by atoms with van der Waals surface area (Å²) in [6.07, 6.45) is -11.1. The van der Waals surface area contributed by atoms with Gasteiger partial charge in [-0.15, -0.1) is 0 Å². The molecule has 1 spiro atoms. The first kappa shape index (κ1) is 48.5. The van der Waals surface area contributed by atoms with Gasteiger partial charge >= 0.3 is 0 Å². The summed E-state index contributed by atoms with van der Waals surface area (Å²) in [6, 6.07) is 6.76. The Kier molecular flexibility index (Phi) is 24.8. The van der Waals surface area contributed by atoms with Gasteiger partial charge in [-0.05, 0) is 50.3 Å². The summed E-state index contributed by atoms with van der Waals surface area (Å²) in [5.41, 5.74) is -0.396. The van der Waals surface area contributed by atoms with Crippen molar-refractivity contribution < 1.29 is 230 Å². The number of rotatable bonds is 8. The number of anilines is 1. The fourth-order valence-electron chi connectivity index (χ4n) is 4.51. The van der Waals surface area contributed by atoms with Crippen molar-refractivity contribution in [2.75, 3.05) is 31.0 Å². The number of aliphatic hydroxyl groups excluding tert-OH is 5. The third-order valence-electron chi connectivity index (χ3n) is 6.80. The molecular weight excluding hydrogens is 1480 g/mol. The average molecular weight is 1510 g/mol. The van der Waals surface area contributed by atoms with E-state index < -0.39 is 67.2 Å². The van der Waals surface area contributed by atoms with Gasteiger partial charge in [0.2, 0.25) is 6.29 Å². The number of ether oxygens (including phenoxy) is 6. The number of hydrogen-bond donors (Lipinski definition) is 7. The molecule has 0 aromatic heterocycles. The topological polar surface area (TPSA) is 181 Å². The van der Waals surface area contributed by atoms with Gasteiger partial charge in [-0.25, -0.2) is 11.6 Å². The summed E-state index contributed by atoms with van der Waals surface area (Å²) >= 11 is 6.30. The Bertz CT molecular complexity index is 1000. The van der Waals surface area contributed by atoms with Gasteiger partial charge in [0.15, 0.2) is 24.3 Å². The van der Waals surface area contributed by atoms with Gasteiger partial charge in [0.05, 0.1) is 31.8 Å². The molecule has 234 valence electrons. The fraction of sp³-hybridized carbons (Fsp3) is 0.708. The van der Waals surface area contributed by atoms with Gasteiger partial charge in [0.25, 0.3) is 0 Å². The van der Waals surface area contributed by atoms with Crippen molar-refractivity contribution in [3.8, 4) is 5.75 Å². The first-order chi connectivity index (χ1) is 19.0. The Labute approximate surface area is 410 Å². The Morgan fingerprint density at radius 2 is 1.59 bits per heavy atom. The first-order valence-electron chi connectivity index (χ1n) is 12.7. The molecule has 8 unspecified atom stereocenters. The maximum Gasteiger partial charge on any atom is 0.229 e. The van der Waals surface area contributed by atoms with Gasteiger partial charge in [0.1, 0.15) is 41.9 Å². The minimum Gasteiger partial charge on any atom is -0.462 e. The molecule has 6 radical (unpaired) electrons. The molecule has 3 aliphatic rings. The SMILES string of the molecule is [Ac].[Ac].[Ac].[Ac].[B]SCNC(=S)Nc1ccc(OC2OC3(COC(C)(C)OC3)CC(OC3OC(CO)C(O)C(O)C3O)C2O)cc1. The minimum absolute atomic E-state index is 0. The fourth-order valence-corrected chi connectivity index (χ4v) is 5.02. The molecule has 0 saturated carbocycles. The number of nitrogens with one attached hydrogen (secondary N) is 2. The second-order valence-corrected chi connectivity index (χ2v) is 11.3. The van der Waals surface area contributed by atoms with Gasteiger partial charge in [0, 0.05) is 188 Å². The van der Waals surface area contributed by atoms with Crippen molar-refractivity contribution in [3.05, 3.63) is 24.3 Å². The molecule has 1 aromatic rings. The van der Waals surface area contributed by atoms with Crippen molar-refractivity contribution in [1.29, 1.82) is 0 Å². The Balaban J connectivity index is 0.00000462. The van der Waals surface area contributed by atoms with Crippen LogP contribution in [-0.4, -0.2) is 124 Å². The zero-order chi connectivity index (χ0) is 29.1. The summed E-state index contributed by atoms with van der Waals surface area (Å²) in [5, 5.41) is 57.8. The van der Waals surface area contributed by atoms with Gasteiger partial charge in [-0.3, -0.25) is 0 Å². The molecular formula is C24H35Ac4BN2O11S2. The summed E-state index contributed by atoms with van der Waals surface area (Å²) in [4.78, 5) is 0. The van der Waals surface area contributed by atoms with Gasteiger partial charge < -0.3 is 64.6 Å². The smallest absolute Gasteiger partial charge is 0.229 e. The third-order valence-corrected chi connectivity index (χ3v) is 7.36. The summed E-state index contributed by atoms with van der Waals surface area (Å²) in [6.45, 7) is 3.09. The normalized spacial score (nSPS) is 32.0. The molecule has 8 atom stereocenters. The van der Waals surface area contributed by atoms with Crippen LogP contribution in [0, 0.1) is 176 Å². The molecule has 44 heavy (non-hydrogen) atoms. The molecule has 0 aliphatic carbocycles. The van der Waals surface area contributed by atoms with E-state index in [4.69, 9.17) is 47.8 Å². The quantitative estimate of drug-likeness (QED) is 0.0952. The van der Waals surface area contributed by atoms with E-state index in [0.29, 0.717) is 22.4 Å². The van der Waals surface area contributed by atoms with E-state index in [0.717, 1.165) is 11.6 Å². The molecule has 3 fully saturated rings. The van der Waals surface area contributed by atoms with Crippen LogP contribution in [0.25, 0.3) is 0 Å². The minimum atomic E-state index is -1.65. The Morgan fingerprint density at radius 3 is 2.16 bits per heavy atom. The van der Waals surface area contributed by atoms with Gasteiger partial charge in [-0.2, -0.15) is 0 Å². The number of thiocarbonyl (C=S) groups is 1. The predicted octanol–water partition coefficient (Wildman–Crippen LogP) is -1.06. The van der Waals surface area contributed by atoms with Crippen LogP contribution in [0.5, 0.6) is 5.75 Å². The summed E-state index contributed by atoms with van der Waals surface area (Å²) in [7, 11) is 5.39. The van der Waals surface area contributed by atoms with E-state index in [9.17, 15) is 25.5 Å². The molecule has 0 amide bonds. The maximum absolute atomic E-state index is 11.2. The van der Waals surface area contributed by atoms with Crippen LogP contribution in [0.15, 0.2) is 24.3 Å². The van der Waals surface area contributed by atoms with Crippen molar-refractivity contribution >= 4 is 41.8 Å². The van der Waals surface area contributed by atoms with E-state index >= 15 is 0 Å². The van der Waals surface area contributed by atoms with E-state index in [2.05, 4.69) is 10.6 Å². The van der Waals surface area contributed by atoms with Crippen molar-refractivity contribution in [3.63, 3.8) is 0 Å². The van der Waals surface area contributed by atoms with Crippen LogP contribution in [-0.2, 0) is 23.7 Å². The van der Waals surface area contributed by atoms with Gasteiger partial charge in [-0.1, -0.05) is 0 Å². The van der Waals surface area contributed by atoms with Crippen molar-refractivity contribution in [2.45, 2.75) is 80.9 Å². The molecule has 13 nitrogen and oxygen atoms in total. The molecule has 3 aliphatic heterocycles. The molecule has 3 heterocycles. The first-order valence-corrected chi connectivity index (χ1v) is 14.1. The second kappa shape index (κ2) is 22.5. The predicted molar refractivity (Wildman–Crippen MR) is 147 cm³/mol. The number of hydrogen-bond acceptors (Lipinski definition) is 13. The van der Waals surface area contributed by atoms with E-state index in [1.807, 2.05) is 0 Å². The largest absolute Gasteiger partial charge is 0.462 e. The molecule has 4 rings (SSSR count). The second-order valence-electron chi connectivity index (χ2n) is 10.3. The van der Waals surface area contributed by atoms with Crippen molar-refractivity contribution in [1.82, 2.24) is 5.32 Å². The van der Waals surface area contributed by atoms with E-state index in [-0.39, 0.29) is 196 Å². The Hall–Kier alpha value is 4.49. The molecule has 1 aromatic carbocycles. The molecule has 3 saturated heterocycles. The van der Waals surface area contributed by atoms with E-state index in [1.165, 1.54) is 0 Å². The average Bonchev–Trinajstić information content (AvgIpc) is 2.93. The third kappa shape index (κ3) is 13.5. The molecule has 0 bridgehead atoms. The number of benzene rings is 1. The molecule has 7 N–H and O–H groups in total. The maximum atomic E-state index is 11.2.